The average Bonchev–Trinajstić information content (AvgIpc) is 2.34. The third kappa shape index (κ3) is 5.70. The Morgan fingerprint density at radius 1 is 1.25 bits per heavy atom. The van der Waals surface area contributed by atoms with Gasteiger partial charge in [-0.25, -0.2) is 4.79 Å². The molecular formula is C12H12F3NO4. The molecule has 8 heteroatoms. The second-order valence-corrected chi connectivity index (χ2v) is 3.82. The van der Waals surface area contributed by atoms with Gasteiger partial charge in [0.15, 0.2) is 0 Å². The van der Waals surface area contributed by atoms with E-state index in [4.69, 9.17) is 5.11 Å². The topological polar surface area (TPSA) is 75.6 Å². The van der Waals surface area contributed by atoms with Crippen LogP contribution in [0.15, 0.2) is 24.3 Å². The second-order valence-electron chi connectivity index (χ2n) is 3.82. The molecule has 0 unspecified atom stereocenters. The monoisotopic (exact) mass is 291 g/mol. The minimum Gasteiger partial charge on any atom is -0.478 e. The highest BCUT2D eigenvalue weighted by atomic mass is 19.4. The van der Waals surface area contributed by atoms with Crippen molar-refractivity contribution < 1.29 is 32.6 Å². The number of aromatic carboxylic acids is 1. The Bertz CT molecular complexity index is 488. The number of hydrogen-bond acceptors (Lipinski definition) is 3. The molecule has 0 aliphatic carbocycles. The predicted molar refractivity (Wildman–Crippen MR) is 63.5 cm³/mol. The third-order valence-electron chi connectivity index (χ3n) is 2.17. The maximum atomic E-state index is 11.8. The van der Waals surface area contributed by atoms with Crippen molar-refractivity contribution in [3.63, 3.8) is 0 Å². The molecule has 0 aromatic heterocycles. The van der Waals surface area contributed by atoms with Crippen LogP contribution in [0.3, 0.4) is 0 Å². The lowest BCUT2D eigenvalue weighted by Gasteiger charge is -2.09. The van der Waals surface area contributed by atoms with Crippen molar-refractivity contribution in [3.05, 3.63) is 29.8 Å². The molecule has 0 bridgehead atoms. The van der Waals surface area contributed by atoms with Crippen LogP contribution in [-0.2, 0) is 9.53 Å². The molecule has 20 heavy (non-hydrogen) atoms. The van der Waals surface area contributed by atoms with E-state index in [9.17, 15) is 22.8 Å². The molecular weight excluding hydrogens is 279 g/mol. The molecule has 0 atom stereocenters. The molecule has 0 saturated heterocycles. The van der Waals surface area contributed by atoms with Crippen molar-refractivity contribution in [2.24, 2.45) is 0 Å². The van der Waals surface area contributed by atoms with Crippen molar-refractivity contribution in [1.29, 1.82) is 0 Å². The number of para-hydroxylation sites is 1. The first-order valence-corrected chi connectivity index (χ1v) is 5.56. The van der Waals surface area contributed by atoms with Gasteiger partial charge in [0.25, 0.3) is 0 Å². The van der Waals surface area contributed by atoms with Crippen LogP contribution >= 0.6 is 0 Å². The zero-order valence-electron chi connectivity index (χ0n) is 10.2. The first-order valence-electron chi connectivity index (χ1n) is 5.56. The number of nitrogens with one attached hydrogen (secondary N) is 1. The Morgan fingerprint density at radius 3 is 2.50 bits per heavy atom. The lowest BCUT2D eigenvalue weighted by Crippen LogP contribution is -2.20. The van der Waals surface area contributed by atoms with Crippen LogP contribution in [-0.4, -0.2) is 36.4 Å². The van der Waals surface area contributed by atoms with Crippen LogP contribution in [0, 0.1) is 0 Å². The van der Waals surface area contributed by atoms with E-state index in [-0.39, 0.29) is 17.7 Å². The summed E-state index contributed by atoms with van der Waals surface area (Å²) in [4.78, 5) is 22.3. The summed E-state index contributed by atoms with van der Waals surface area (Å²) < 4.78 is 39.6. The van der Waals surface area contributed by atoms with Crippen LogP contribution in [0.5, 0.6) is 0 Å². The molecule has 0 saturated carbocycles. The number of halogens is 3. The molecule has 0 radical (unpaired) electrons. The van der Waals surface area contributed by atoms with Gasteiger partial charge in [-0.05, 0) is 12.1 Å². The quantitative estimate of drug-likeness (QED) is 0.788. The average molecular weight is 291 g/mol. The maximum Gasteiger partial charge on any atom is 0.411 e. The summed E-state index contributed by atoms with van der Waals surface area (Å²) >= 11 is 0. The number of anilines is 1. The Morgan fingerprint density at radius 2 is 1.90 bits per heavy atom. The van der Waals surface area contributed by atoms with E-state index in [2.05, 4.69) is 10.1 Å². The molecule has 0 fully saturated rings. The van der Waals surface area contributed by atoms with Crippen molar-refractivity contribution in [2.75, 3.05) is 18.5 Å². The lowest BCUT2D eigenvalue weighted by molar-refractivity contribution is -0.174. The van der Waals surface area contributed by atoms with Crippen molar-refractivity contribution in [3.8, 4) is 0 Å². The summed E-state index contributed by atoms with van der Waals surface area (Å²) in [6, 6.07) is 5.71. The van der Waals surface area contributed by atoms with Gasteiger partial charge in [-0.1, -0.05) is 12.1 Å². The van der Waals surface area contributed by atoms with E-state index < -0.39 is 31.3 Å². The molecule has 0 heterocycles. The summed E-state index contributed by atoms with van der Waals surface area (Å²) in [7, 11) is 0. The first kappa shape index (κ1) is 16.0. The first-order chi connectivity index (χ1) is 9.29. The van der Waals surface area contributed by atoms with Gasteiger partial charge in [-0.15, -0.1) is 0 Å². The third-order valence-corrected chi connectivity index (χ3v) is 2.17. The Balaban J connectivity index is 2.45. The number of ether oxygens (including phenoxy) is 1. The van der Waals surface area contributed by atoms with Crippen LogP contribution in [0.25, 0.3) is 0 Å². The molecule has 2 N–H and O–H groups in total. The summed E-state index contributed by atoms with van der Waals surface area (Å²) in [5.41, 5.74) is -0.0159. The van der Waals surface area contributed by atoms with Crippen LogP contribution in [0.1, 0.15) is 16.8 Å². The number of carboxylic acids is 1. The smallest absolute Gasteiger partial charge is 0.411 e. The molecule has 1 aromatic rings. The lowest BCUT2D eigenvalue weighted by atomic mass is 10.2. The van der Waals surface area contributed by atoms with Gasteiger partial charge < -0.3 is 15.2 Å². The van der Waals surface area contributed by atoms with E-state index in [1.807, 2.05) is 0 Å². The molecule has 0 aliphatic heterocycles. The zero-order valence-corrected chi connectivity index (χ0v) is 10.2. The number of benzene rings is 1. The standard InChI is InChI=1S/C12H12F3NO4/c13-12(14,15)7-20-6-5-10(17)16-9-4-2-1-3-8(9)11(18)19/h1-4H,5-7H2,(H,16,17)(H,18,19). The van der Waals surface area contributed by atoms with Crippen molar-refractivity contribution in [1.82, 2.24) is 0 Å². The predicted octanol–water partition coefficient (Wildman–Crippen LogP) is 2.29. The van der Waals surface area contributed by atoms with E-state index in [0.29, 0.717) is 0 Å². The highest BCUT2D eigenvalue weighted by Gasteiger charge is 2.27. The van der Waals surface area contributed by atoms with E-state index >= 15 is 0 Å². The number of carbonyl (C=O) groups is 2. The molecule has 1 rings (SSSR count). The Labute approximate surface area is 112 Å². The van der Waals surface area contributed by atoms with Gasteiger partial charge >= 0.3 is 12.1 Å². The SMILES string of the molecule is O=C(CCOCC(F)(F)F)Nc1ccccc1C(=O)O. The summed E-state index contributed by atoms with van der Waals surface area (Å²) in [6.07, 6.45) is -4.74. The number of rotatable bonds is 6. The minimum absolute atomic E-state index is 0.0841. The van der Waals surface area contributed by atoms with E-state index in [1.54, 1.807) is 0 Å². The number of amides is 1. The molecule has 0 spiro atoms. The number of hydrogen-bond donors (Lipinski definition) is 2. The second kappa shape index (κ2) is 6.90. The van der Waals surface area contributed by atoms with Crippen LogP contribution < -0.4 is 5.32 Å². The van der Waals surface area contributed by atoms with Gasteiger partial charge in [0, 0.05) is 0 Å². The normalized spacial score (nSPS) is 11.2. The van der Waals surface area contributed by atoms with Gasteiger partial charge in [0.05, 0.1) is 24.3 Å². The highest BCUT2D eigenvalue weighted by Crippen LogP contribution is 2.16. The number of carbonyl (C=O) groups excluding carboxylic acids is 1. The molecule has 1 amide bonds. The summed E-state index contributed by atoms with van der Waals surface area (Å²) in [6.45, 7) is -1.83. The Hall–Kier alpha value is -2.09. The molecule has 110 valence electrons. The highest BCUT2D eigenvalue weighted by molar-refractivity contribution is 6.00. The van der Waals surface area contributed by atoms with Gasteiger partial charge in [0.2, 0.25) is 5.91 Å². The van der Waals surface area contributed by atoms with E-state index in [1.165, 1.54) is 24.3 Å². The number of carboxylic acid groups (broad SMARTS) is 1. The van der Waals surface area contributed by atoms with Crippen LogP contribution in [0.4, 0.5) is 18.9 Å². The minimum atomic E-state index is -4.44. The largest absolute Gasteiger partial charge is 0.478 e. The molecule has 0 aliphatic rings. The van der Waals surface area contributed by atoms with Crippen molar-refractivity contribution >= 4 is 17.6 Å². The van der Waals surface area contributed by atoms with E-state index in [0.717, 1.165) is 0 Å². The zero-order chi connectivity index (χ0) is 15.2. The van der Waals surface area contributed by atoms with Gasteiger partial charge in [0.1, 0.15) is 6.61 Å². The fraction of sp³-hybridized carbons (Fsp3) is 0.333. The van der Waals surface area contributed by atoms with Crippen molar-refractivity contribution in [2.45, 2.75) is 12.6 Å². The summed E-state index contributed by atoms with van der Waals surface area (Å²) in [5.74, 6) is -1.84. The fourth-order valence-corrected chi connectivity index (χ4v) is 1.34. The molecule has 1 aromatic carbocycles. The molecule has 5 nitrogen and oxygen atoms in total. The van der Waals surface area contributed by atoms with Crippen LogP contribution in [0.2, 0.25) is 0 Å². The van der Waals surface area contributed by atoms with Gasteiger partial charge in [-0.2, -0.15) is 13.2 Å². The Kier molecular flexibility index (Phi) is 5.51. The number of alkyl halides is 3. The summed E-state index contributed by atoms with van der Waals surface area (Å²) in [5, 5.41) is 11.2. The fourth-order valence-electron chi connectivity index (χ4n) is 1.34. The van der Waals surface area contributed by atoms with Gasteiger partial charge in [-0.3, -0.25) is 4.79 Å². The maximum absolute atomic E-state index is 11.8.